The molecule has 0 radical (unpaired) electrons. The van der Waals surface area contributed by atoms with Gasteiger partial charge in [-0.25, -0.2) is 0 Å². The van der Waals surface area contributed by atoms with Crippen LogP contribution in [0.2, 0.25) is 5.02 Å². The summed E-state index contributed by atoms with van der Waals surface area (Å²) in [6.45, 7) is 0. The van der Waals surface area contributed by atoms with E-state index >= 15 is 0 Å². The molecule has 3 rings (SSSR count). The van der Waals surface area contributed by atoms with Crippen molar-refractivity contribution in [3.63, 3.8) is 0 Å². The largest absolute Gasteiger partial charge is 0.391 e. The van der Waals surface area contributed by atoms with Crippen LogP contribution in [0.25, 0.3) is 11.0 Å². The molecule has 2 aromatic heterocycles. The van der Waals surface area contributed by atoms with Gasteiger partial charge in [0.2, 0.25) is 0 Å². The van der Waals surface area contributed by atoms with E-state index in [2.05, 4.69) is 9.97 Å². The quantitative estimate of drug-likeness (QED) is 0.790. The first-order chi connectivity index (χ1) is 8.68. The number of halogens is 1. The first-order valence-electron chi connectivity index (χ1n) is 6.10. The fourth-order valence-electron chi connectivity index (χ4n) is 2.75. The van der Waals surface area contributed by atoms with E-state index in [0.29, 0.717) is 9.79 Å². The average molecular weight is 284 g/mol. The van der Waals surface area contributed by atoms with Gasteiger partial charge in [0.25, 0.3) is 0 Å². The van der Waals surface area contributed by atoms with Crippen molar-refractivity contribution >= 4 is 34.9 Å². The minimum absolute atomic E-state index is 0.0138. The van der Waals surface area contributed by atoms with Crippen LogP contribution in [0.1, 0.15) is 31.7 Å². The van der Waals surface area contributed by atoms with Crippen molar-refractivity contribution in [2.75, 3.05) is 0 Å². The number of pyridine rings is 1. The van der Waals surface area contributed by atoms with Crippen molar-refractivity contribution in [3.8, 4) is 0 Å². The van der Waals surface area contributed by atoms with E-state index in [1.54, 1.807) is 12.4 Å². The summed E-state index contributed by atoms with van der Waals surface area (Å²) < 4.78 is 2.56. The lowest BCUT2D eigenvalue weighted by atomic mass is 9.92. The topological polar surface area (TPSA) is 53.8 Å². The fourth-order valence-corrected chi connectivity index (χ4v) is 3.34. The number of aliphatic hydroxyl groups excluding tert-OH is 1. The molecule has 0 bridgehead atoms. The molecular weight excluding hydrogens is 270 g/mol. The van der Waals surface area contributed by atoms with Gasteiger partial charge in [0, 0.05) is 6.20 Å². The van der Waals surface area contributed by atoms with Crippen molar-refractivity contribution < 1.29 is 5.11 Å². The summed E-state index contributed by atoms with van der Waals surface area (Å²) >= 11 is 11.6. The van der Waals surface area contributed by atoms with Gasteiger partial charge in [-0.3, -0.25) is 4.98 Å². The Hall–Kier alpha value is -0.910. The second-order valence-electron chi connectivity index (χ2n) is 4.74. The predicted molar refractivity (Wildman–Crippen MR) is 73.4 cm³/mol. The van der Waals surface area contributed by atoms with Gasteiger partial charge in [-0.2, -0.15) is 0 Å². The number of fused-ring (bicyclic) bond motifs is 1. The van der Waals surface area contributed by atoms with E-state index in [1.807, 2.05) is 4.57 Å². The lowest BCUT2D eigenvalue weighted by Gasteiger charge is -2.29. The van der Waals surface area contributed by atoms with Crippen LogP contribution in [-0.2, 0) is 0 Å². The summed E-state index contributed by atoms with van der Waals surface area (Å²) in [4.78, 5) is 7.15. The summed E-state index contributed by atoms with van der Waals surface area (Å²) in [5.74, 6) is 0. The molecule has 96 valence electrons. The molecule has 1 aliphatic carbocycles. The Labute approximate surface area is 115 Å². The summed E-state index contributed by atoms with van der Waals surface area (Å²) in [6.07, 6.45) is 6.90. The number of aliphatic hydroxyl groups is 1. The van der Waals surface area contributed by atoms with Crippen LogP contribution in [0, 0.1) is 4.77 Å². The maximum absolute atomic E-state index is 10.2. The van der Waals surface area contributed by atoms with Crippen LogP contribution < -0.4 is 0 Å². The van der Waals surface area contributed by atoms with Gasteiger partial charge in [-0.15, -0.1) is 0 Å². The van der Waals surface area contributed by atoms with Crippen LogP contribution in [0.5, 0.6) is 0 Å². The Morgan fingerprint density at radius 1 is 1.39 bits per heavy atom. The predicted octanol–water partition coefficient (Wildman–Crippen LogP) is 3.22. The van der Waals surface area contributed by atoms with Gasteiger partial charge < -0.3 is 14.7 Å². The van der Waals surface area contributed by atoms with Crippen molar-refractivity contribution in [3.05, 3.63) is 22.2 Å². The summed E-state index contributed by atoms with van der Waals surface area (Å²) in [7, 11) is 0. The van der Waals surface area contributed by atoms with Crippen molar-refractivity contribution in [2.45, 2.75) is 37.8 Å². The number of aromatic nitrogens is 3. The molecular formula is C12H14ClN3OS. The second kappa shape index (κ2) is 4.64. The van der Waals surface area contributed by atoms with Gasteiger partial charge in [0.05, 0.1) is 34.4 Å². The Kier molecular flexibility index (Phi) is 3.13. The molecule has 1 aliphatic rings. The molecule has 1 fully saturated rings. The van der Waals surface area contributed by atoms with Gasteiger partial charge >= 0.3 is 0 Å². The average Bonchev–Trinajstić information content (AvgIpc) is 2.68. The molecule has 2 atom stereocenters. The molecule has 2 N–H and O–H groups in total. The third-order valence-electron chi connectivity index (χ3n) is 3.60. The Bertz CT molecular complexity index is 636. The summed E-state index contributed by atoms with van der Waals surface area (Å²) in [6, 6.07) is 0.0138. The number of hydrogen-bond donors (Lipinski definition) is 2. The van der Waals surface area contributed by atoms with E-state index in [1.165, 1.54) is 0 Å². The molecule has 0 amide bonds. The number of aromatic amines is 1. The van der Waals surface area contributed by atoms with Crippen LogP contribution in [0.4, 0.5) is 0 Å². The number of nitrogens with zero attached hydrogens (tertiary/aromatic N) is 2. The third kappa shape index (κ3) is 1.86. The van der Waals surface area contributed by atoms with E-state index in [-0.39, 0.29) is 12.1 Å². The van der Waals surface area contributed by atoms with Crippen LogP contribution in [-0.4, -0.2) is 25.7 Å². The van der Waals surface area contributed by atoms with Crippen molar-refractivity contribution in [1.29, 1.82) is 0 Å². The first kappa shape index (κ1) is 12.1. The SMILES string of the molecule is OC1CCCCC1n1c(=S)[nH]c2cncc(Cl)c21. The molecule has 0 aromatic carbocycles. The molecule has 6 heteroatoms. The highest BCUT2D eigenvalue weighted by Crippen LogP contribution is 2.33. The number of H-pyrrole nitrogens is 1. The minimum Gasteiger partial charge on any atom is -0.391 e. The Morgan fingerprint density at radius 2 is 2.17 bits per heavy atom. The molecule has 0 spiro atoms. The smallest absolute Gasteiger partial charge is 0.178 e. The Balaban J connectivity index is 2.21. The van der Waals surface area contributed by atoms with Crippen molar-refractivity contribution in [2.24, 2.45) is 0 Å². The lowest BCUT2D eigenvalue weighted by Crippen LogP contribution is -2.27. The number of hydrogen-bond acceptors (Lipinski definition) is 3. The zero-order valence-corrected chi connectivity index (χ0v) is 11.3. The van der Waals surface area contributed by atoms with Gasteiger partial charge in [0.1, 0.15) is 0 Å². The highest BCUT2D eigenvalue weighted by atomic mass is 35.5. The number of rotatable bonds is 1. The highest BCUT2D eigenvalue weighted by molar-refractivity contribution is 7.71. The summed E-state index contributed by atoms with van der Waals surface area (Å²) in [5.41, 5.74) is 1.67. The van der Waals surface area contributed by atoms with E-state index in [0.717, 1.165) is 36.7 Å². The molecule has 4 nitrogen and oxygen atoms in total. The normalized spacial score (nSPS) is 24.6. The van der Waals surface area contributed by atoms with Crippen molar-refractivity contribution in [1.82, 2.24) is 14.5 Å². The molecule has 18 heavy (non-hydrogen) atoms. The third-order valence-corrected chi connectivity index (χ3v) is 4.18. The monoisotopic (exact) mass is 283 g/mol. The standard InChI is InChI=1S/C12H14ClN3OS/c13-7-5-14-6-8-11(7)16(12(18)15-8)9-3-1-2-4-10(9)17/h5-6,9-10,17H,1-4H2,(H,15,18). The van der Waals surface area contributed by atoms with Gasteiger partial charge in [-0.1, -0.05) is 24.4 Å². The van der Waals surface area contributed by atoms with E-state index in [9.17, 15) is 5.11 Å². The summed E-state index contributed by atoms with van der Waals surface area (Å²) in [5, 5.41) is 10.7. The second-order valence-corrected chi connectivity index (χ2v) is 5.53. The molecule has 2 aromatic rings. The van der Waals surface area contributed by atoms with Crippen LogP contribution >= 0.6 is 23.8 Å². The molecule has 1 saturated carbocycles. The molecule has 2 heterocycles. The lowest BCUT2D eigenvalue weighted by molar-refractivity contribution is 0.0767. The molecule has 0 saturated heterocycles. The fraction of sp³-hybridized carbons (Fsp3) is 0.500. The maximum atomic E-state index is 10.2. The zero-order chi connectivity index (χ0) is 12.7. The highest BCUT2D eigenvalue weighted by Gasteiger charge is 2.27. The molecule has 2 unspecified atom stereocenters. The van der Waals surface area contributed by atoms with Crippen LogP contribution in [0.15, 0.2) is 12.4 Å². The number of nitrogens with one attached hydrogen (secondary N) is 1. The van der Waals surface area contributed by atoms with E-state index < -0.39 is 0 Å². The first-order valence-corrected chi connectivity index (χ1v) is 6.89. The van der Waals surface area contributed by atoms with Gasteiger partial charge in [-0.05, 0) is 25.1 Å². The van der Waals surface area contributed by atoms with Gasteiger partial charge in [0.15, 0.2) is 4.77 Å². The van der Waals surface area contributed by atoms with E-state index in [4.69, 9.17) is 23.8 Å². The maximum Gasteiger partial charge on any atom is 0.178 e. The Morgan fingerprint density at radius 3 is 2.94 bits per heavy atom. The van der Waals surface area contributed by atoms with Crippen LogP contribution in [0.3, 0.4) is 0 Å². The molecule has 0 aliphatic heterocycles. The number of imidazole rings is 1. The zero-order valence-electron chi connectivity index (χ0n) is 9.77. The minimum atomic E-state index is -0.353.